The van der Waals surface area contributed by atoms with Gasteiger partial charge in [0.15, 0.2) is 5.82 Å². The number of carboxylic acid groups (broad SMARTS) is 1. The molecule has 1 aromatic heterocycles. The van der Waals surface area contributed by atoms with Crippen LogP contribution in [0.3, 0.4) is 0 Å². The van der Waals surface area contributed by atoms with E-state index in [1.807, 2.05) is 0 Å². The summed E-state index contributed by atoms with van der Waals surface area (Å²) in [6.45, 7) is 1.73. The molecular formula is C11H15N3O5. The van der Waals surface area contributed by atoms with Gasteiger partial charge in [-0.25, -0.2) is 4.79 Å². The number of amides is 1. The molecule has 2 unspecified atom stereocenters. The molecule has 2 rings (SSSR count). The fourth-order valence-corrected chi connectivity index (χ4v) is 2.12. The minimum absolute atomic E-state index is 0.0542. The number of hydrogen-bond acceptors (Lipinski definition) is 6. The number of aromatic nitrogens is 2. The third kappa shape index (κ3) is 3.08. The Hall–Kier alpha value is -1.96. The van der Waals surface area contributed by atoms with Crippen LogP contribution in [0.25, 0.3) is 0 Å². The molecule has 0 bridgehead atoms. The van der Waals surface area contributed by atoms with Crippen LogP contribution in [0.1, 0.15) is 24.6 Å². The fraction of sp³-hybridized carbons (Fsp3) is 0.636. The zero-order valence-electron chi connectivity index (χ0n) is 10.4. The lowest BCUT2D eigenvalue weighted by molar-refractivity contribution is -0.148. The summed E-state index contributed by atoms with van der Waals surface area (Å²) < 4.78 is 4.88. The lowest BCUT2D eigenvalue weighted by atomic mass is 10.2. The van der Waals surface area contributed by atoms with E-state index in [0.29, 0.717) is 11.7 Å². The standard InChI is InChI=1S/C11H15N3O5/c1-6-12-9(19-13-6)2-3-10(16)14-5-7(15)4-8(14)11(17)18/h7-8,15H,2-5H2,1H3,(H,17,18). The number of rotatable bonds is 4. The number of aryl methyl sites for hydroxylation is 2. The zero-order chi connectivity index (χ0) is 14.0. The summed E-state index contributed by atoms with van der Waals surface area (Å²) in [4.78, 5) is 28.1. The molecule has 1 amide bonds. The van der Waals surface area contributed by atoms with E-state index in [9.17, 15) is 14.7 Å². The predicted molar refractivity (Wildman–Crippen MR) is 61.1 cm³/mol. The first-order chi connectivity index (χ1) is 8.97. The second kappa shape index (κ2) is 5.35. The van der Waals surface area contributed by atoms with E-state index in [2.05, 4.69) is 10.1 Å². The van der Waals surface area contributed by atoms with Gasteiger partial charge in [-0.05, 0) is 6.92 Å². The Morgan fingerprint density at radius 3 is 2.84 bits per heavy atom. The van der Waals surface area contributed by atoms with Crippen LogP contribution in [0.15, 0.2) is 4.52 Å². The van der Waals surface area contributed by atoms with E-state index in [4.69, 9.17) is 9.63 Å². The van der Waals surface area contributed by atoms with Crippen molar-refractivity contribution in [2.45, 2.75) is 38.3 Å². The first kappa shape index (κ1) is 13.5. The van der Waals surface area contributed by atoms with Crippen molar-refractivity contribution in [3.8, 4) is 0 Å². The number of carbonyl (C=O) groups excluding carboxylic acids is 1. The van der Waals surface area contributed by atoms with Crippen LogP contribution >= 0.6 is 0 Å². The van der Waals surface area contributed by atoms with Gasteiger partial charge >= 0.3 is 5.97 Å². The SMILES string of the molecule is Cc1noc(CCC(=O)N2CC(O)CC2C(=O)O)n1. The molecule has 1 saturated heterocycles. The number of aliphatic carboxylic acids is 1. The second-order valence-corrected chi connectivity index (χ2v) is 4.52. The van der Waals surface area contributed by atoms with Crippen LogP contribution < -0.4 is 0 Å². The van der Waals surface area contributed by atoms with Gasteiger partial charge in [0, 0.05) is 25.8 Å². The minimum Gasteiger partial charge on any atom is -0.480 e. The Morgan fingerprint density at radius 1 is 1.53 bits per heavy atom. The topological polar surface area (TPSA) is 117 Å². The lowest BCUT2D eigenvalue weighted by Gasteiger charge is -2.20. The Bertz CT molecular complexity index is 486. The normalized spacial score (nSPS) is 22.7. The number of nitrogens with zero attached hydrogens (tertiary/aromatic N) is 3. The molecule has 1 aliphatic rings. The first-order valence-electron chi connectivity index (χ1n) is 5.97. The van der Waals surface area contributed by atoms with Gasteiger partial charge in [-0.1, -0.05) is 5.16 Å². The molecule has 1 aromatic rings. The van der Waals surface area contributed by atoms with Gasteiger partial charge in [0.1, 0.15) is 6.04 Å². The number of carboxylic acids is 1. The van der Waals surface area contributed by atoms with E-state index in [-0.39, 0.29) is 31.7 Å². The van der Waals surface area contributed by atoms with E-state index in [1.165, 1.54) is 4.90 Å². The lowest BCUT2D eigenvalue weighted by Crippen LogP contribution is -2.40. The van der Waals surface area contributed by atoms with Crippen LogP contribution in [0.2, 0.25) is 0 Å². The Morgan fingerprint density at radius 2 is 2.26 bits per heavy atom. The Kier molecular flexibility index (Phi) is 3.79. The van der Waals surface area contributed by atoms with Crippen molar-refractivity contribution in [2.24, 2.45) is 0 Å². The number of β-amino-alcohol motifs (C(OH)–C–C–N with tert-alkyl or cyclic N) is 1. The summed E-state index contributed by atoms with van der Waals surface area (Å²) in [6, 6.07) is -0.952. The molecular weight excluding hydrogens is 254 g/mol. The van der Waals surface area contributed by atoms with Crippen molar-refractivity contribution in [2.75, 3.05) is 6.54 Å². The molecule has 8 nitrogen and oxygen atoms in total. The largest absolute Gasteiger partial charge is 0.480 e. The maximum Gasteiger partial charge on any atom is 0.326 e. The van der Waals surface area contributed by atoms with Crippen LogP contribution in [-0.2, 0) is 16.0 Å². The third-order valence-corrected chi connectivity index (χ3v) is 3.01. The molecule has 0 radical (unpaired) electrons. The maximum atomic E-state index is 11.9. The number of aliphatic hydroxyl groups is 1. The van der Waals surface area contributed by atoms with Crippen molar-refractivity contribution in [3.63, 3.8) is 0 Å². The maximum absolute atomic E-state index is 11.9. The molecule has 2 N–H and O–H groups in total. The van der Waals surface area contributed by atoms with Crippen molar-refractivity contribution in [1.29, 1.82) is 0 Å². The van der Waals surface area contributed by atoms with Gasteiger partial charge in [0.2, 0.25) is 11.8 Å². The molecule has 19 heavy (non-hydrogen) atoms. The molecule has 0 aromatic carbocycles. The number of likely N-dealkylation sites (tertiary alicyclic amines) is 1. The molecule has 8 heteroatoms. The van der Waals surface area contributed by atoms with E-state index in [1.54, 1.807) is 6.92 Å². The van der Waals surface area contributed by atoms with Gasteiger partial charge in [-0.2, -0.15) is 4.98 Å². The third-order valence-electron chi connectivity index (χ3n) is 3.01. The summed E-state index contributed by atoms with van der Waals surface area (Å²) >= 11 is 0. The molecule has 2 atom stereocenters. The van der Waals surface area contributed by atoms with Gasteiger partial charge in [-0.15, -0.1) is 0 Å². The average molecular weight is 269 g/mol. The number of carbonyl (C=O) groups is 2. The Labute approximate surface area is 109 Å². The summed E-state index contributed by atoms with van der Waals surface area (Å²) in [6.07, 6.45) is -0.368. The van der Waals surface area contributed by atoms with Gasteiger partial charge in [0.05, 0.1) is 6.10 Å². The average Bonchev–Trinajstić information content (AvgIpc) is 2.92. The quantitative estimate of drug-likeness (QED) is 0.746. The van der Waals surface area contributed by atoms with Crippen LogP contribution in [0, 0.1) is 6.92 Å². The fourth-order valence-electron chi connectivity index (χ4n) is 2.12. The van der Waals surface area contributed by atoms with Crippen LogP contribution in [-0.4, -0.2) is 55.8 Å². The molecule has 0 spiro atoms. The Balaban J connectivity index is 1.93. The highest BCUT2D eigenvalue weighted by Crippen LogP contribution is 2.19. The summed E-state index contributed by atoms with van der Waals surface area (Å²) in [5, 5.41) is 22.1. The first-order valence-corrected chi connectivity index (χ1v) is 5.97. The van der Waals surface area contributed by atoms with Crippen molar-refractivity contribution in [3.05, 3.63) is 11.7 Å². The van der Waals surface area contributed by atoms with Gasteiger partial charge < -0.3 is 19.6 Å². The van der Waals surface area contributed by atoms with E-state index in [0.717, 1.165) is 0 Å². The smallest absolute Gasteiger partial charge is 0.326 e. The van der Waals surface area contributed by atoms with Crippen molar-refractivity contribution in [1.82, 2.24) is 15.0 Å². The molecule has 104 valence electrons. The van der Waals surface area contributed by atoms with Crippen molar-refractivity contribution < 1.29 is 24.3 Å². The zero-order valence-corrected chi connectivity index (χ0v) is 10.4. The molecule has 0 saturated carbocycles. The number of hydrogen-bond donors (Lipinski definition) is 2. The minimum atomic E-state index is -1.10. The molecule has 1 aliphatic heterocycles. The van der Waals surface area contributed by atoms with E-state index < -0.39 is 18.1 Å². The predicted octanol–water partition coefficient (Wildman–Crippen LogP) is -0.643. The molecule has 0 aliphatic carbocycles. The second-order valence-electron chi connectivity index (χ2n) is 4.52. The highest BCUT2D eigenvalue weighted by atomic mass is 16.5. The molecule has 2 heterocycles. The van der Waals surface area contributed by atoms with Gasteiger partial charge in [-0.3, -0.25) is 4.79 Å². The monoisotopic (exact) mass is 269 g/mol. The van der Waals surface area contributed by atoms with Gasteiger partial charge in [0.25, 0.3) is 0 Å². The highest BCUT2D eigenvalue weighted by Gasteiger charge is 2.38. The van der Waals surface area contributed by atoms with E-state index >= 15 is 0 Å². The number of aliphatic hydroxyl groups excluding tert-OH is 1. The highest BCUT2D eigenvalue weighted by molar-refractivity contribution is 5.84. The van der Waals surface area contributed by atoms with Crippen LogP contribution in [0.5, 0.6) is 0 Å². The molecule has 1 fully saturated rings. The summed E-state index contributed by atoms with van der Waals surface area (Å²) in [5.74, 6) is -0.599. The van der Waals surface area contributed by atoms with Crippen LogP contribution in [0.4, 0.5) is 0 Å². The summed E-state index contributed by atoms with van der Waals surface area (Å²) in [5.41, 5.74) is 0. The summed E-state index contributed by atoms with van der Waals surface area (Å²) in [7, 11) is 0. The van der Waals surface area contributed by atoms with Crippen molar-refractivity contribution >= 4 is 11.9 Å².